The summed E-state index contributed by atoms with van der Waals surface area (Å²) in [5.74, 6) is -0.734. The van der Waals surface area contributed by atoms with Crippen LogP contribution in [0.5, 0.6) is 11.5 Å². The zero-order chi connectivity index (χ0) is 23.7. The van der Waals surface area contributed by atoms with E-state index in [0.29, 0.717) is 0 Å². The van der Waals surface area contributed by atoms with Gasteiger partial charge >= 0.3 is 6.09 Å². The van der Waals surface area contributed by atoms with Crippen LogP contribution < -0.4 is 19.1 Å². The van der Waals surface area contributed by atoms with Gasteiger partial charge in [0.05, 0.1) is 35.7 Å². The molecule has 1 atom stereocenters. The third kappa shape index (κ3) is 4.70. The van der Waals surface area contributed by atoms with Crippen LogP contribution in [0.15, 0.2) is 41.3 Å². The van der Waals surface area contributed by atoms with Crippen LogP contribution >= 0.6 is 0 Å². The standard InChI is InChI=1S/C21H22FN3O6S/c1-21(2,12-23)10-14-11-25(17-8-13(24-20(26)27)4-7-18(17)31-14)32(28,29)15-5-6-16(22)19(9-15)30-3/h4-9,14,24H,10-11H2,1-3H3,(H,26,27). The van der Waals surface area contributed by atoms with Gasteiger partial charge in [0.2, 0.25) is 0 Å². The molecule has 2 aromatic rings. The maximum absolute atomic E-state index is 13.9. The first kappa shape index (κ1) is 23.1. The van der Waals surface area contributed by atoms with E-state index in [-0.39, 0.29) is 40.7 Å². The van der Waals surface area contributed by atoms with Gasteiger partial charge in [-0.1, -0.05) is 0 Å². The number of hydrogen-bond acceptors (Lipinski definition) is 6. The van der Waals surface area contributed by atoms with Crippen LogP contribution in [-0.4, -0.2) is 39.4 Å². The van der Waals surface area contributed by atoms with E-state index < -0.39 is 33.5 Å². The SMILES string of the molecule is COc1cc(S(=O)(=O)N2CC(CC(C)(C)C#N)Oc3ccc(NC(=O)O)cc32)ccc1F. The lowest BCUT2D eigenvalue weighted by Crippen LogP contribution is -2.45. The summed E-state index contributed by atoms with van der Waals surface area (Å²) in [7, 11) is -2.99. The number of carbonyl (C=O) groups is 1. The molecule has 0 radical (unpaired) electrons. The van der Waals surface area contributed by atoms with Gasteiger partial charge in [-0.2, -0.15) is 5.26 Å². The molecule has 1 unspecified atom stereocenters. The highest BCUT2D eigenvalue weighted by Crippen LogP contribution is 2.41. The molecular formula is C21H22FN3O6S. The highest BCUT2D eigenvalue weighted by Gasteiger charge is 2.37. The van der Waals surface area contributed by atoms with E-state index in [1.54, 1.807) is 13.8 Å². The largest absolute Gasteiger partial charge is 0.494 e. The van der Waals surface area contributed by atoms with Crippen LogP contribution in [0.25, 0.3) is 0 Å². The number of halogens is 1. The van der Waals surface area contributed by atoms with E-state index in [1.165, 1.54) is 25.3 Å². The fraction of sp³-hybridized carbons (Fsp3) is 0.333. The number of carboxylic acid groups (broad SMARTS) is 1. The minimum Gasteiger partial charge on any atom is -0.494 e. The molecule has 2 N–H and O–H groups in total. The van der Waals surface area contributed by atoms with Crippen molar-refractivity contribution in [2.75, 3.05) is 23.3 Å². The molecule has 11 heteroatoms. The summed E-state index contributed by atoms with van der Waals surface area (Å²) in [5, 5.41) is 20.6. The Morgan fingerprint density at radius 1 is 1.38 bits per heavy atom. The average molecular weight is 463 g/mol. The lowest BCUT2D eigenvalue weighted by molar-refractivity contribution is 0.156. The number of ether oxygens (including phenoxy) is 2. The van der Waals surface area contributed by atoms with Crippen molar-refractivity contribution in [3.05, 3.63) is 42.2 Å². The first-order valence-electron chi connectivity index (χ1n) is 9.55. The number of anilines is 2. The van der Waals surface area contributed by atoms with E-state index in [2.05, 4.69) is 11.4 Å². The summed E-state index contributed by atoms with van der Waals surface area (Å²) in [6.07, 6.45) is -1.71. The van der Waals surface area contributed by atoms with Crippen LogP contribution in [0, 0.1) is 22.6 Å². The van der Waals surface area contributed by atoms with Crippen molar-refractivity contribution in [1.29, 1.82) is 5.26 Å². The van der Waals surface area contributed by atoms with E-state index in [9.17, 15) is 22.9 Å². The van der Waals surface area contributed by atoms with Crippen molar-refractivity contribution in [2.45, 2.75) is 31.3 Å². The number of benzene rings is 2. The van der Waals surface area contributed by atoms with Gasteiger partial charge in [-0.25, -0.2) is 17.6 Å². The Hall–Kier alpha value is -3.52. The molecule has 2 aromatic carbocycles. The fourth-order valence-electron chi connectivity index (χ4n) is 3.39. The molecule has 1 aliphatic rings. The van der Waals surface area contributed by atoms with Crippen molar-refractivity contribution in [2.24, 2.45) is 5.41 Å². The summed E-state index contributed by atoms with van der Waals surface area (Å²) >= 11 is 0. The second-order valence-electron chi connectivity index (χ2n) is 7.88. The molecule has 1 heterocycles. The van der Waals surface area contributed by atoms with Gasteiger partial charge in [-0.05, 0) is 44.2 Å². The van der Waals surface area contributed by atoms with E-state index in [1.807, 2.05) is 0 Å². The molecule has 0 bridgehead atoms. The van der Waals surface area contributed by atoms with Crippen molar-refractivity contribution in [3.63, 3.8) is 0 Å². The van der Waals surface area contributed by atoms with E-state index in [0.717, 1.165) is 22.5 Å². The quantitative estimate of drug-likeness (QED) is 0.666. The molecule has 3 rings (SSSR count). The molecule has 9 nitrogen and oxygen atoms in total. The Morgan fingerprint density at radius 2 is 2.09 bits per heavy atom. The Bertz CT molecular complexity index is 1190. The summed E-state index contributed by atoms with van der Waals surface area (Å²) in [4.78, 5) is 10.8. The minimum absolute atomic E-state index is 0.116. The second-order valence-corrected chi connectivity index (χ2v) is 9.75. The number of methoxy groups -OCH3 is 1. The number of rotatable bonds is 6. The van der Waals surface area contributed by atoms with E-state index >= 15 is 0 Å². The van der Waals surface area contributed by atoms with Crippen molar-refractivity contribution >= 4 is 27.5 Å². The number of fused-ring (bicyclic) bond motifs is 1. The smallest absolute Gasteiger partial charge is 0.409 e. The molecule has 170 valence electrons. The molecule has 0 aliphatic carbocycles. The summed E-state index contributed by atoms with van der Waals surface area (Å²) in [6, 6.07) is 9.60. The molecule has 1 aliphatic heterocycles. The average Bonchev–Trinajstić information content (AvgIpc) is 2.72. The molecule has 0 spiro atoms. The number of nitriles is 1. The Balaban J connectivity index is 2.11. The van der Waals surface area contributed by atoms with Crippen LogP contribution in [0.4, 0.5) is 20.6 Å². The Kier molecular flexibility index (Phi) is 6.18. The highest BCUT2D eigenvalue weighted by atomic mass is 32.2. The third-order valence-electron chi connectivity index (χ3n) is 4.89. The van der Waals surface area contributed by atoms with Gasteiger partial charge in [-0.15, -0.1) is 0 Å². The topological polar surface area (TPSA) is 129 Å². The maximum atomic E-state index is 13.9. The lowest BCUT2D eigenvalue weighted by Gasteiger charge is -2.37. The van der Waals surface area contributed by atoms with Gasteiger partial charge in [-0.3, -0.25) is 9.62 Å². The van der Waals surface area contributed by atoms with Crippen LogP contribution in [0.3, 0.4) is 0 Å². The van der Waals surface area contributed by atoms with Crippen molar-refractivity contribution < 1.29 is 32.2 Å². The number of sulfonamides is 1. The Labute approximate surface area is 185 Å². The molecule has 32 heavy (non-hydrogen) atoms. The zero-order valence-electron chi connectivity index (χ0n) is 17.6. The Morgan fingerprint density at radius 3 is 2.72 bits per heavy atom. The van der Waals surface area contributed by atoms with E-state index in [4.69, 9.17) is 14.6 Å². The number of nitrogens with zero attached hydrogens (tertiary/aromatic N) is 2. The molecule has 0 saturated carbocycles. The summed E-state index contributed by atoms with van der Waals surface area (Å²) in [5.41, 5.74) is -0.514. The molecular weight excluding hydrogens is 441 g/mol. The van der Waals surface area contributed by atoms with Gasteiger partial charge in [0.1, 0.15) is 11.9 Å². The summed E-state index contributed by atoms with van der Waals surface area (Å²) < 4.78 is 52.8. The monoisotopic (exact) mass is 463 g/mol. The van der Waals surface area contributed by atoms with Crippen LogP contribution in [0.2, 0.25) is 0 Å². The number of hydrogen-bond donors (Lipinski definition) is 2. The molecule has 0 aromatic heterocycles. The lowest BCUT2D eigenvalue weighted by atomic mass is 9.88. The molecule has 1 amide bonds. The van der Waals surface area contributed by atoms with Crippen LogP contribution in [0.1, 0.15) is 20.3 Å². The van der Waals surface area contributed by atoms with Crippen molar-refractivity contribution in [3.8, 4) is 17.6 Å². The van der Waals surface area contributed by atoms with Gasteiger partial charge in [0.15, 0.2) is 11.6 Å². The first-order valence-corrected chi connectivity index (χ1v) is 11.0. The number of nitrogens with one attached hydrogen (secondary N) is 1. The predicted molar refractivity (Wildman–Crippen MR) is 114 cm³/mol. The molecule has 0 fully saturated rings. The van der Waals surface area contributed by atoms with Gasteiger partial charge < -0.3 is 14.6 Å². The zero-order valence-corrected chi connectivity index (χ0v) is 18.4. The van der Waals surface area contributed by atoms with Crippen LogP contribution in [-0.2, 0) is 10.0 Å². The number of amides is 1. The van der Waals surface area contributed by atoms with Gasteiger partial charge in [0, 0.05) is 18.2 Å². The second kappa shape index (κ2) is 8.55. The minimum atomic E-state index is -4.22. The first-order chi connectivity index (χ1) is 15.0. The third-order valence-corrected chi connectivity index (χ3v) is 6.67. The predicted octanol–water partition coefficient (Wildman–Crippen LogP) is 3.82. The summed E-state index contributed by atoms with van der Waals surface area (Å²) in [6.45, 7) is 3.31. The van der Waals surface area contributed by atoms with Crippen molar-refractivity contribution in [1.82, 2.24) is 0 Å². The van der Waals surface area contributed by atoms with Gasteiger partial charge in [0.25, 0.3) is 10.0 Å². The normalized spacial score (nSPS) is 15.8. The fourth-order valence-corrected chi connectivity index (χ4v) is 4.90. The molecule has 0 saturated heterocycles. The maximum Gasteiger partial charge on any atom is 0.409 e. The highest BCUT2D eigenvalue weighted by molar-refractivity contribution is 7.92.